The first-order valence-corrected chi connectivity index (χ1v) is 8.84. The Balaban J connectivity index is 1.86. The third-order valence-electron chi connectivity index (χ3n) is 4.74. The largest absolute Gasteiger partial charge is 0.339 e. The van der Waals surface area contributed by atoms with Crippen molar-refractivity contribution in [2.45, 2.75) is 12.8 Å². The Morgan fingerprint density at radius 3 is 2.48 bits per heavy atom. The second kappa shape index (κ2) is 5.70. The fraction of sp³-hybridized carbons (Fsp3) is 0.211. The molecule has 0 bridgehead atoms. The van der Waals surface area contributed by atoms with Gasteiger partial charge in [0.1, 0.15) is 0 Å². The number of halogens is 1. The van der Waals surface area contributed by atoms with Gasteiger partial charge in [0.25, 0.3) is 0 Å². The Kier molecular flexibility index (Phi) is 3.35. The summed E-state index contributed by atoms with van der Waals surface area (Å²) in [5.74, 6) is 0.821. The van der Waals surface area contributed by atoms with E-state index in [9.17, 15) is 0 Å². The minimum absolute atomic E-state index is 0.690. The zero-order valence-electron chi connectivity index (χ0n) is 13.6. The number of rotatable bonds is 2. The molecular weight excluding hydrogens is 334 g/mol. The average molecular weight is 350 g/mol. The normalized spacial score (nSPS) is 14.7. The minimum Gasteiger partial charge on any atom is -0.339 e. The van der Waals surface area contributed by atoms with Gasteiger partial charge in [-0.05, 0) is 31.0 Å². The van der Waals surface area contributed by atoms with E-state index >= 15 is 0 Å². The van der Waals surface area contributed by atoms with E-state index in [0.29, 0.717) is 5.02 Å². The zero-order valence-corrected chi connectivity index (χ0v) is 14.3. The van der Waals surface area contributed by atoms with E-state index in [1.54, 1.807) is 0 Å². The number of nitrogens with zero attached hydrogens (tertiary/aromatic N) is 5. The van der Waals surface area contributed by atoms with Gasteiger partial charge in [-0.15, -0.1) is 10.2 Å². The molecule has 1 aliphatic rings. The van der Waals surface area contributed by atoms with Gasteiger partial charge < -0.3 is 4.90 Å². The Morgan fingerprint density at radius 2 is 1.68 bits per heavy atom. The van der Waals surface area contributed by atoms with Crippen LogP contribution < -0.4 is 4.90 Å². The first kappa shape index (κ1) is 14.7. The van der Waals surface area contributed by atoms with Crippen LogP contribution in [0.2, 0.25) is 5.02 Å². The molecule has 25 heavy (non-hydrogen) atoms. The molecule has 6 heteroatoms. The van der Waals surface area contributed by atoms with Crippen LogP contribution in [-0.2, 0) is 0 Å². The summed E-state index contributed by atoms with van der Waals surface area (Å²) in [5, 5.41) is 16.5. The lowest BCUT2D eigenvalue weighted by atomic mass is 10.1. The van der Waals surface area contributed by atoms with E-state index in [2.05, 4.69) is 27.2 Å². The molecule has 0 aliphatic carbocycles. The van der Waals surface area contributed by atoms with Crippen LogP contribution in [-0.4, -0.2) is 32.9 Å². The molecule has 0 saturated carbocycles. The quantitative estimate of drug-likeness (QED) is 0.544. The molecule has 2 aromatic heterocycles. The van der Waals surface area contributed by atoms with Gasteiger partial charge in [0.05, 0.1) is 5.69 Å². The Morgan fingerprint density at radius 1 is 0.880 bits per heavy atom. The van der Waals surface area contributed by atoms with Crippen LogP contribution >= 0.6 is 11.6 Å². The molecule has 1 aliphatic heterocycles. The maximum absolute atomic E-state index is 6.26. The number of benzene rings is 2. The molecule has 1 fully saturated rings. The highest BCUT2D eigenvalue weighted by molar-refractivity contribution is 6.31. The maximum atomic E-state index is 6.26. The van der Waals surface area contributed by atoms with Gasteiger partial charge in [-0.25, -0.2) is 0 Å². The SMILES string of the molecule is Clc1ccc2c(c1)c(-c1ccccc1)nn1c(N3CCCC3)nnc21. The van der Waals surface area contributed by atoms with E-state index in [-0.39, 0.29) is 0 Å². The number of fused-ring (bicyclic) bond motifs is 3. The van der Waals surface area contributed by atoms with Gasteiger partial charge >= 0.3 is 0 Å². The molecule has 1 saturated heterocycles. The highest BCUT2D eigenvalue weighted by Crippen LogP contribution is 2.32. The second-order valence-corrected chi connectivity index (χ2v) is 6.77. The van der Waals surface area contributed by atoms with Crippen LogP contribution in [0.4, 0.5) is 5.95 Å². The number of hydrogen-bond acceptors (Lipinski definition) is 4. The summed E-state index contributed by atoms with van der Waals surface area (Å²) in [6.45, 7) is 2.00. The summed E-state index contributed by atoms with van der Waals surface area (Å²) >= 11 is 6.26. The van der Waals surface area contributed by atoms with E-state index < -0.39 is 0 Å². The van der Waals surface area contributed by atoms with Crippen LogP contribution in [0, 0.1) is 0 Å². The minimum atomic E-state index is 0.690. The molecule has 5 nitrogen and oxygen atoms in total. The summed E-state index contributed by atoms with van der Waals surface area (Å²) in [4.78, 5) is 2.25. The molecule has 2 aromatic carbocycles. The van der Waals surface area contributed by atoms with E-state index in [4.69, 9.17) is 16.7 Å². The van der Waals surface area contributed by atoms with Crippen molar-refractivity contribution in [3.63, 3.8) is 0 Å². The predicted octanol–water partition coefficient (Wildman–Crippen LogP) is 4.20. The van der Waals surface area contributed by atoms with Gasteiger partial charge in [-0.2, -0.15) is 9.61 Å². The lowest BCUT2D eigenvalue weighted by Crippen LogP contribution is -2.21. The fourth-order valence-electron chi connectivity index (χ4n) is 3.52. The third-order valence-corrected chi connectivity index (χ3v) is 4.97. The smallest absolute Gasteiger partial charge is 0.248 e. The van der Waals surface area contributed by atoms with Gasteiger partial charge in [-0.1, -0.05) is 41.9 Å². The first-order chi connectivity index (χ1) is 12.3. The van der Waals surface area contributed by atoms with Crippen molar-refractivity contribution in [3.8, 4) is 11.3 Å². The summed E-state index contributed by atoms with van der Waals surface area (Å²) in [7, 11) is 0. The predicted molar refractivity (Wildman–Crippen MR) is 100 cm³/mol. The number of anilines is 1. The molecule has 0 amide bonds. The van der Waals surface area contributed by atoms with Gasteiger partial charge in [0.15, 0.2) is 5.65 Å². The van der Waals surface area contributed by atoms with Crippen molar-refractivity contribution in [1.82, 2.24) is 19.8 Å². The molecular formula is C19H16ClN5. The second-order valence-electron chi connectivity index (χ2n) is 6.33. The van der Waals surface area contributed by atoms with Crippen LogP contribution in [0.25, 0.3) is 27.7 Å². The van der Waals surface area contributed by atoms with Crippen molar-refractivity contribution >= 4 is 34.0 Å². The standard InChI is InChI=1S/C19H16ClN5/c20-14-8-9-15-16(12-14)17(13-6-2-1-3-7-13)23-25-18(15)21-22-19(25)24-10-4-5-11-24/h1-3,6-9,12H,4-5,10-11H2. The van der Waals surface area contributed by atoms with E-state index in [1.807, 2.05) is 40.9 Å². The molecule has 0 radical (unpaired) electrons. The Hall–Kier alpha value is -2.66. The number of hydrogen-bond donors (Lipinski definition) is 0. The number of aromatic nitrogens is 4. The van der Waals surface area contributed by atoms with Crippen molar-refractivity contribution in [2.24, 2.45) is 0 Å². The van der Waals surface area contributed by atoms with Crippen molar-refractivity contribution in [2.75, 3.05) is 18.0 Å². The highest BCUT2D eigenvalue weighted by atomic mass is 35.5. The van der Waals surface area contributed by atoms with E-state index in [0.717, 1.165) is 46.7 Å². The monoisotopic (exact) mass is 349 g/mol. The lowest BCUT2D eigenvalue weighted by Gasteiger charge is -2.15. The van der Waals surface area contributed by atoms with Crippen molar-refractivity contribution in [3.05, 3.63) is 53.6 Å². The first-order valence-electron chi connectivity index (χ1n) is 8.46. The van der Waals surface area contributed by atoms with Crippen LogP contribution in [0.5, 0.6) is 0 Å². The zero-order chi connectivity index (χ0) is 16.8. The molecule has 0 N–H and O–H groups in total. The molecule has 0 spiro atoms. The summed E-state index contributed by atoms with van der Waals surface area (Å²) in [6, 6.07) is 16.0. The molecule has 3 heterocycles. The maximum Gasteiger partial charge on any atom is 0.248 e. The molecule has 0 unspecified atom stereocenters. The van der Waals surface area contributed by atoms with Crippen molar-refractivity contribution < 1.29 is 0 Å². The lowest BCUT2D eigenvalue weighted by molar-refractivity contribution is 0.838. The molecule has 0 atom stereocenters. The van der Waals surface area contributed by atoms with Crippen LogP contribution in [0.1, 0.15) is 12.8 Å². The Labute approximate surface area is 149 Å². The topological polar surface area (TPSA) is 46.3 Å². The molecule has 4 aromatic rings. The summed E-state index contributed by atoms with van der Waals surface area (Å²) < 4.78 is 1.88. The van der Waals surface area contributed by atoms with Crippen LogP contribution in [0.3, 0.4) is 0 Å². The van der Waals surface area contributed by atoms with Crippen LogP contribution in [0.15, 0.2) is 48.5 Å². The summed E-state index contributed by atoms with van der Waals surface area (Å²) in [5.41, 5.74) is 2.72. The molecule has 5 rings (SSSR count). The fourth-order valence-corrected chi connectivity index (χ4v) is 3.69. The Bertz CT molecular complexity index is 1070. The van der Waals surface area contributed by atoms with Crippen molar-refractivity contribution in [1.29, 1.82) is 0 Å². The molecule has 124 valence electrons. The van der Waals surface area contributed by atoms with E-state index in [1.165, 1.54) is 12.8 Å². The third kappa shape index (κ3) is 2.35. The van der Waals surface area contributed by atoms with Gasteiger partial charge in [-0.3, -0.25) is 0 Å². The van der Waals surface area contributed by atoms with Gasteiger partial charge in [0, 0.05) is 34.4 Å². The van der Waals surface area contributed by atoms with Gasteiger partial charge in [0.2, 0.25) is 5.95 Å². The summed E-state index contributed by atoms with van der Waals surface area (Å²) in [6.07, 6.45) is 2.37. The average Bonchev–Trinajstić information content (AvgIpc) is 3.30. The highest BCUT2D eigenvalue weighted by Gasteiger charge is 2.21.